The van der Waals surface area contributed by atoms with Crippen molar-refractivity contribution in [3.63, 3.8) is 0 Å². The Morgan fingerprint density at radius 3 is 2.76 bits per heavy atom. The van der Waals surface area contributed by atoms with Gasteiger partial charge in [-0.1, -0.05) is 6.07 Å². The van der Waals surface area contributed by atoms with Gasteiger partial charge in [0.15, 0.2) is 0 Å². The molecule has 6 nitrogen and oxygen atoms in total. The monoisotopic (exact) mass is 283 g/mol. The Bertz CT molecular complexity index is 610. The standard InChI is InChI=1S/C15H17N5O/c21-14(18-11-12-5-1-2-7-16-12)13-6-8-17-15(19-13)20-9-3-4-10-20/h1-2,5-8H,3-4,9-11H2,(H,18,21). The van der Waals surface area contributed by atoms with Gasteiger partial charge in [0.25, 0.3) is 5.91 Å². The van der Waals surface area contributed by atoms with Crippen molar-refractivity contribution in [1.29, 1.82) is 0 Å². The Hall–Kier alpha value is -2.50. The van der Waals surface area contributed by atoms with Crippen LogP contribution in [0, 0.1) is 0 Å². The second kappa shape index (κ2) is 6.30. The van der Waals surface area contributed by atoms with E-state index in [4.69, 9.17) is 0 Å². The van der Waals surface area contributed by atoms with Crippen molar-refractivity contribution in [2.45, 2.75) is 19.4 Å². The number of aromatic nitrogens is 3. The molecule has 3 heterocycles. The first-order chi connectivity index (χ1) is 10.3. The highest BCUT2D eigenvalue weighted by Gasteiger charge is 2.16. The smallest absolute Gasteiger partial charge is 0.270 e. The molecule has 1 fully saturated rings. The van der Waals surface area contributed by atoms with E-state index in [2.05, 4.69) is 25.2 Å². The molecule has 0 aliphatic carbocycles. The topological polar surface area (TPSA) is 71.0 Å². The van der Waals surface area contributed by atoms with Crippen LogP contribution in [-0.4, -0.2) is 33.9 Å². The summed E-state index contributed by atoms with van der Waals surface area (Å²) in [6, 6.07) is 7.24. The number of nitrogens with zero attached hydrogens (tertiary/aromatic N) is 4. The maximum Gasteiger partial charge on any atom is 0.270 e. The van der Waals surface area contributed by atoms with Gasteiger partial charge in [-0.25, -0.2) is 9.97 Å². The molecule has 1 aliphatic rings. The number of nitrogens with one attached hydrogen (secondary N) is 1. The summed E-state index contributed by atoms with van der Waals surface area (Å²) in [7, 11) is 0. The molecular weight excluding hydrogens is 266 g/mol. The molecule has 1 saturated heterocycles. The third-order valence-electron chi connectivity index (χ3n) is 3.42. The van der Waals surface area contributed by atoms with E-state index in [-0.39, 0.29) is 5.91 Å². The van der Waals surface area contributed by atoms with E-state index in [0.717, 1.165) is 31.6 Å². The molecule has 2 aromatic heterocycles. The van der Waals surface area contributed by atoms with Crippen LogP contribution in [0.2, 0.25) is 0 Å². The van der Waals surface area contributed by atoms with Gasteiger partial charge in [0.2, 0.25) is 5.95 Å². The number of amides is 1. The number of pyridine rings is 1. The van der Waals surface area contributed by atoms with Crippen molar-refractivity contribution in [1.82, 2.24) is 20.3 Å². The zero-order chi connectivity index (χ0) is 14.5. The summed E-state index contributed by atoms with van der Waals surface area (Å²) in [5, 5.41) is 2.82. The normalized spacial score (nSPS) is 14.2. The first-order valence-electron chi connectivity index (χ1n) is 7.09. The van der Waals surface area contributed by atoms with Gasteiger partial charge in [-0.2, -0.15) is 0 Å². The van der Waals surface area contributed by atoms with Gasteiger partial charge in [-0.15, -0.1) is 0 Å². The van der Waals surface area contributed by atoms with Crippen LogP contribution in [0.3, 0.4) is 0 Å². The van der Waals surface area contributed by atoms with Crippen LogP contribution in [0.4, 0.5) is 5.95 Å². The third-order valence-corrected chi connectivity index (χ3v) is 3.42. The summed E-state index contributed by atoms with van der Waals surface area (Å²) in [4.78, 5) is 27.0. The number of anilines is 1. The van der Waals surface area contributed by atoms with Gasteiger partial charge < -0.3 is 10.2 Å². The molecule has 6 heteroatoms. The first-order valence-corrected chi connectivity index (χ1v) is 7.09. The Morgan fingerprint density at radius 2 is 2.00 bits per heavy atom. The number of carbonyl (C=O) groups excluding carboxylic acids is 1. The number of carbonyl (C=O) groups is 1. The summed E-state index contributed by atoms with van der Waals surface area (Å²) in [6.45, 7) is 2.31. The largest absolute Gasteiger partial charge is 0.345 e. The molecule has 1 N–H and O–H groups in total. The molecule has 0 unspecified atom stereocenters. The van der Waals surface area contributed by atoms with Gasteiger partial charge in [0.1, 0.15) is 5.69 Å². The van der Waals surface area contributed by atoms with Crippen LogP contribution >= 0.6 is 0 Å². The van der Waals surface area contributed by atoms with Crippen LogP contribution in [0.5, 0.6) is 0 Å². The highest BCUT2D eigenvalue weighted by Crippen LogP contribution is 2.15. The minimum absolute atomic E-state index is 0.205. The molecular formula is C15H17N5O. The number of rotatable bonds is 4. The molecule has 2 aromatic rings. The lowest BCUT2D eigenvalue weighted by atomic mass is 10.3. The van der Waals surface area contributed by atoms with Crippen LogP contribution in [-0.2, 0) is 6.54 Å². The van der Waals surface area contributed by atoms with Crippen molar-refractivity contribution >= 4 is 11.9 Å². The molecule has 0 radical (unpaired) electrons. The van der Waals surface area contributed by atoms with Gasteiger partial charge in [0, 0.05) is 25.5 Å². The van der Waals surface area contributed by atoms with Gasteiger partial charge >= 0.3 is 0 Å². The second-order valence-corrected chi connectivity index (χ2v) is 4.94. The average Bonchev–Trinajstić information content (AvgIpc) is 3.08. The van der Waals surface area contributed by atoms with E-state index in [1.165, 1.54) is 0 Å². The highest BCUT2D eigenvalue weighted by atomic mass is 16.1. The second-order valence-electron chi connectivity index (χ2n) is 4.94. The van der Waals surface area contributed by atoms with Crippen LogP contribution < -0.4 is 10.2 Å². The van der Waals surface area contributed by atoms with E-state index >= 15 is 0 Å². The van der Waals surface area contributed by atoms with Gasteiger partial charge in [0.05, 0.1) is 12.2 Å². The molecule has 0 aromatic carbocycles. The fourth-order valence-electron chi connectivity index (χ4n) is 2.31. The van der Waals surface area contributed by atoms with Crippen LogP contribution in [0.25, 0.3) is 0 Å². The Morgan fingerprint density at radius 1 is 1.14 bits per heavy atom. The quantitative estimate of drug-likeness (QED) is 0.918. The van der Waals surface area contributed by atoms with E-state index in [9.17, 15) is 4.79 Å². The van der Waals surface area contributed by atoms with Crippen LogP contribution in [0.15, 0.2) is 36.7 Å². The number of hydrogen-bond acceptors (Lipinski definition) is 5. The maximum absolute atomic E-state index is 12.1. The molecule has 0 saturated carbocycles. The SMILES string of the molecule is O=C(NCc1ccccn1)c1ccnc(N2CCCC2)n1. The molecule has 21 heavy (non-hydrogen) atoms. The minimum atomic E-state index is -0.205. The Kier molecular flexibility index (Phi) is 4.04. The maximum atomic E-state index is 12.1. The minimum Gasteiger partial charge on any atom is -0.345 e. The van der Waals surface area contributed by atoms with Gasteiger partial charge in [-0.05, 0) is 31.0 Å². The fraction of sp³-hybridized carbons (Fsp3) is 0.333. The van der Waals surface area contributed by atoms with E-state index in [0.29, 0.717) is 18.2 Å². The van der Waals surface area contributed by atoms with E-state index < -0.39 is 0 Å². The number of hydrogen-bond donors (Lipinski definition) is 1. The molecule has 1 amide bonds. The molecule has 0 spiro atoms. The van der Waals surface area contributed by atoms with Crippen molar-refractivity contribution in [3.05, 3.63) is 48.0 Å². The lowest BCUT2D eigenvalue weighted by Crippen LogP contribution is -2.26. The van der Waals surface area contributed by atoms with Crippen LogP contribution in [0.1, 0.15) is 29.0 Å². The molecule has 1 aliphatic heterocycles. The predicted octanol–water partition coefficient (Wildman–Crippen LogP) is 1.40. The molecule has 108 valence electrons. The summed E-state index contributed by atoms with van der Waals surface area (Å²) < 4.78 is 0. The molecule has 0 bridgehead atoms. The molecule has 0 atom stereocenters. The third kappa shape index (κ3) is 3.34. The lowest BCUT2D eigenvalue weighted by Gasteiger charge is -2.15. The summed E-state index contributed by atoms with van der Waals surface area (Å²) >= 11 is 0. The average molecular weight is 283 g/mol. The summed E-state index contributed by atoms with van der Waals surface area (Å²) in [5.41, 5.74) is 1.21. The van der Waals surface area contributed by atoms with Crippen molar-refractivity contribution in [2.24, 2.45) is 0 Å². The Labute approximate surface area is 123 Å². The summed E-state index contributed by atoms with van der Waals surface area (Å²) in [6.07, 6.45) is 5.65. The van der Waals surface area contributed by atoms with Gasteiger partial charge in [-0.3, -0.25) is 9.78 Å². The zero-order valence-electron chi connectivity index (χ0n) is 11.7. The van der Waals surface area contributed by atoms with Crippen molar-refractivity contribution in [3.8, 4) is 0 Å². The molecule has 3 rings (SSSR count). The Balaban J connectivity index is 1.65. The van der Waals surface area contributed by atoms with E-state index in [1.807, 2.05) is 18.2 Å². The summed E-state index contributed by atoms with van der Waals surface area (Å²) in [5.74, 6) is 0.432. The highest BCUT2D eigenvalue weighted by molar-refractivity contribution is 5.92. The van der Waals surface area contributed by atoms with Crippen molar-refractivity contribution < 1.29 is 4.79 Å². The lowest BCUT2D eigenvalue weighted by molar-refractivity contribution is 0.0945. The van der Waals surface area contributed by atoms with E-state index in [1.54, 1.807) is 18.5 Å². The zero-order valence-corrected chi connectivity index (χ0v) is 11.7. The fourth-order valence-corrected chi connectivity index (χ4v) is 2.31. The first kappa shape index (κ1) is 13.5. The van der Waals surface area contributed by atoms with Crippen molar-refractivity contribution in [2.75, 3.05) is 18.0 Å². The predicted molar refractivity (Wildman–Crippen MR) is 78.9 cm³/mol.